The van der Waals surface area contributed by atoms with Crippen molar-refractivity contribution in [1.29, 1.82) is 0 Å². The van der Waals surface area contributed by atoms with E-state index in [2.05, 4.69) is 4.90 Å². The zero-order chi connectivity index (χ0) is 13.8. The summed E-state index contributed by atoms with van der Waals surface area (Å²) in [7, 11) is 0. The molecule has 5 nitrogen and oxygen atoms in total. The summed E-state index contributed by atoms with van der Waals surface area (Å²) in [6.07, 6.45) is 3.37. The highest BCUT2D eigenvalue weighted by Gasteiger charge is 2.22. The summed E-state index contributed by atoms with van der Waals surface area (Å²) < 4.78 is 0. The predicted molar refractivity (Wildman–Crippen MR) is 76.4 cm³/mol. The molecule has 0 saturated carbocycles. The van der Waals surface area contributed by atoms with Crippen molar-refractivity contribution in [3.05, 3.63) is 33.9 Å². The summed E-state index contributed by atoms with van der Waals surface area (Å²) in [5.74, 6) is 0.609. The summed E-state index contributed by atoms with van der Waals surface area (Å²) >= 11 is 0. The fraction of sp³-hybridized carbons (Fsp3) is 0.571. The first kappa shape index (κ1) is 13.8. The van der Waals surface area contributed by atoms with Crippen LogP contribution in [-0.2, 0) is 0 Å². The van der Waals surface area contributed by atoms with Gasteiger partial charge in [-0.3, -0.25) is 10.1 Å². The maximum Gasteiger partial charge on any atom is 0.271 e. The summed E-state index contributed by atoms with van der Waals surface area (Å²) in [5.41, 5.74) is 7.89. The highest BCUT2D eigenvalue weighted by Crippen LogP contribution is 2.30. The van der Waals surface area contributed by atoms with Crippen LogP contribution in [0, 0.1) is 23.0 Å². The lowest BCUT2D eigenvalue weighted by molar-refractivity contribution is -0.384. The van der Waals surface area contributed by atoms with Crippen LogP contribution in [0.2, 0.25) is 0 Å². The zero-order valence-electron chi connectivity index (χ0n) is 11.3. The van der Waals surface area contributed by atoms with Gasteiger partial charge in [0.15, 0.2) is 0 Å². The van der Waals surface area contributed by atoms with Crippen molar-refractivity contribution in [3.63, 3.8) is 0 Å². The van der Waals surface area contributed by atoms with E-state index in [1.54, 1.807) is 12.1 Å². The molecule has 1 aliphatic rings. The molecule has 0 spiro atoms. The van der Waals surface area contributed by atoms with E-state index in [4.69, 9.17) is 5.73 Å². The summed E-state index contributed by atoms with van der Waals surface area (Å²) in [5, 5.41) is 10.9. The molecular weight excluding hydrogens is 242 g/mol. The van der Waals surface area contributed by atoms with Gasteiger partial charge in [0.25, 0.3) is 5.69 Å². The van der Waals surface area contributed by atoms with E-state index < -0.39 is 0 Å². The maximum absolute atomic E-state index is 10.9. The standard InChI is InChI=1S/C14H21N3O2/c1-11-4-5-13(17(18)19)9-14(11)16-8-2-3-12(10-16)6-7-15/h4-5,9,12H,2-3,6-8,10,15H2,1H3. The monoisotopic (exact) mass is 263 g/mol. The molecule has 1 aliphatic heterocycles. The van der Waals surface area contributed by atoms with Crippen molar-refractivity contribution in [1.82, 2.24) is 0 Å². The van der Waals surface area contributed by atoms with Gasteiger partial charge in [0, 0.05) is 30.9 Å². The molecule has 2 N–H and O–H groups in total. The fourth-order valence-electron chi connectivity index (χ4n) is 2.81. The number of hydrogen-bond acceptors (Lipinski definition) is 4. The molecule has 5 heteroatoms. The third kappa shape index (κ3) is 3.23. The Morgan fingerprint density at radius 3 is 3.00 bits per heavy atom. The average molecular weight is 263 g/mol. The van der Waals surface area contributed by atoms with Gasteiger partial charge in [0.1, 0.15) is 0 Å². The lowest BCUT2D eigenvalue weighted by Gasteiger charge is -2.35. The Hall–Kier alpha value is -1.62. The van der Waals surface area contributed by atoms with Gasteiger partial charge in [-0.2, -0.15) is 0 Å². The van der Waals surface area contributed by atoms with Crippen molar-refractivity contribution in [2.75, 3.05) is 24.5 Å². The molecule has 1 saturated heterocycles. The number of nitro benzene ring substituents is 1. The summed E-state index contributed by atoms with van der Waals surface area (Å²) in [4.78, 5) is 12.8. The number of benzene rings is 1. The van der Waals surface area contributed by atoms with Gasteiger partial charge >= 0.3 is 0 Å². The Balaban J connectivity index is 2.20. The van der Waals surface area contributed by atoms with Gasteiger partial charge in [-0.1, -0.05) is 6.07 Å². The molecule has 0 aromatic heterocycles. The van der Waals surface area contributed by atoms with E-state index in [0.29, 0.717) is 12.5 Å². The number of rotatable bonds is 4. The van der Waals surface area contributed by atoms with Crippen LogP contribution in [0.4, 0.5) is 11.4 Å². The first-order valence-electron chi connectivity index (χ1n) is 6.82. The van der Waals surface area contributed by atoms with Crippen molar-refractivity contribution < 1.29 is 4.92 Å². The first-order valence-corrected chi connectivity index (χ1v) is 6.82. The molecule has 1 unspecified atom stereocenters. The molecule has 1 aromatic rings. The van der Waals surface area contributed by atoms with Crippen molar-refractivity contribution in [2.24, 2.45) is 11.7 Å². The number of non-ortho nitro benzene ring substituents is 1. The van der Waals surface area contributed by atoms with Gasteiger partial charge in [-0.25, -0.2) is 0 Å². The minimum Gasteiger partial charge on any atom is -0.371 e. The third-order valence-corrected chi connectivity index (χ3v) is 3.84. The van der Waals surface area contributed by atoms with Crippen LogP contribution in [-0.4, -0.2) is 24.6 Å². The second-order valence-corrected chi connectivity index (χ2v) is 5.26. The first-order chi connectivity index (χ1) is 9.11. The third-order valence-electron chi connectivity index (χ3n) is 3.84. The van der Waals surface area contributed by atoms with Gasteiger partial charge in [0.2, 0.25) is 0 Å². The number of anilines is 1. The molecule has 0 aliphatic carbocycles. The van der Waals surface area contributed by atoms with E-state index >= 15 is 0 Å². The summed E-state index contributed by atoms with van der Waals surface area (Å²) in [6, 6.07) is 5.10. The van der Waals surface area contributed by atoms with Crippen LogP contribution in [0.25, 0.3) is 0 Å². The number of nitrogens with zero attached hydrogens (tertiary/aromatic N) is 2. The minimum atomic E-state index is -0.329. The Kier molecular flexibility index (Phi) is 4.37. The van der Waals surface area contributed by atoms with Gasteiger partial charge < -0.3 is 10.6 Å². The van der Waals surface area contributed by atoms with Crippen LogP contribution >= 0.6 is 0 Å². The van der Waals surface area contributed by atoms with Crippen LogP contribution in [0.3, 0.4) is 0 Å². The number of nitro groups is 1. The number of hydrogen-bond donors (Lipinski definition) is 1. The molecule has 1 aromatic carbocycles. The Morgan fingerprint density at radius 2 is 2.32 bits per heavy atom. The minimum absolute atomic E-state index is 0.168. The Morgan fingerprint density at radius 1 is 1.53 bits per heavy atom. The Labute approximate surface area is 113 Å². The van der Waals surface area contributed by atoms with E-state index in [1.165, 1.54) is 6.42 Å². The lowest BCUT2D eigenvalue weighted by atomic mass is 9.94. The second kappa shape index (κ2) is 6.02. The van der Waals surface area contributed by atoms with Crippen molar-refractivity contribution >= 4 is 11.4 Å². The average Bonchev–Trinajstić information content (AvgIpc) is 2.39. The molecule has 1 fully saturated rings. The highest BCUT2D eigenvalue weighted by molar-refractivity contribution is 5.59. The quantitative estimate of drug-likeness (QED) is 0.669. The number of nitrogens with two attached hydrogens (primary N) is 1. The van der Waals surface area contributed by atoms with Gasteiger partial charge in [-0.15, -0.1) is 0 Å². The predicted octanol–water partition coefficient (Wildman–Crippen LogP) is 2.47. The molecule has 2 rings (SSSR count). The van der Waals surface area contributed by atoms with E-state index in [9.17, 15) is 10.1 Å². The van der Waals surface area contributed by atoms with Crippen LogP contribution in [0.15, 0.2) is 18.2 Å². The number of aryl methyl sites for hydroxylation is 1. The topological polar surface area (TPSA) is 72.4 Å². The maximum atomic E-state index is 10.9. The molecule has 104 valence electrons. The smallest absolute Gasteiger partial charge is 0.271 e. The fourth-order valence-corrected chi connectivity index (χ4v) is 2.81. The van der Waals surface area contributed by atoms with Crippen LogP contribution in [0.1, 0.15) is 24.8 Å². The molecule has 0 radical (unpaired) electrons. The second-order valence-electron chi connectivity index (χ2n) is 5.26. The molecule has 1 atom stereocenters. The van der Waals surface area contributed by atoms with Crippen molar-refractivity contribution in [2.45, 2.75) is 26.2 Å². The Bertz CT molecular complexity index is 460. The van der Waals surface area contributed by atoms with Crippen LogP contribution < -0.4 is 10.6 Å². The number of piperidine rings is 1. The summed E-state index contributed by atoms with van der Waals surface area (Å²) in [6.45, 7) is 4.65. The van der Waals surface area contributed by atoms with E-state index in [0.717, 1.165) is 37.2 Å². The lowest BCUT2D eigenvalue weighted by Crippen LogP contribution is -2.36. The zero-order valence-corrected chi connectivity index (χ0v) is 11.3. The van der Waals surface area contributed by atoms with Gasteiger partial charge in [0.05, 0.1) is 4.92 Å². The molecule has 1 heterocycles. The normalized spacial score (nSPS) is 19.5. The molecule has 0 amide bonds. The van der Waals surface area contributed by atoms with E-state index in [1.807, 2.05) is 13.0 Å². The highest BCUT2D eigenvalue weighted by atomic mass is 16.6. The molecular formula is C14H21N3O2. The van der Waals surface area contributed by atoms with Gasteiger partial charge in [-0.05, 0) is 44.2 Å². The van der Waals surface area contributed by atoms with E-state index in [-0.39, 0.29) is 10.6 Å². The van der Waals surface area contributed by atoms with Crippen LogP contribution in [0.5, 0.6) is 0 Å². The molecule has 0 bridgehead atoms. The molecule has 19 heavy (non-hydrogen) atoms. The largest absolute Gasteiger partial charge is 0.371 e. The van der Waals surface area contributed by atoms with Crippen molar-refractivity contribution in [3.8, 4) is 0 Å². The SMILES string of the molecule is Cc1ccc([N+](=O)[O-])cc1N1CCCC(CCN)C1.